The molecule has 2 heterocycles. The first-order valence-corrected chi connectivity index (χ1v) is 4.77. The lowest BCUT2D eigenvalue weighted by Gasteiger charge is -1.90. The number of thiazole rings is 1. The topological polar surface area (TPSA) is 52.3 Å². The first-order chi connectivity index (χ1) is 6.81. The van der Waals surface area contributed by atoms with Gasteiger partial charge in [-0.3, -0.25) is 4.79 Å². The van der Waals surface area contributed by atoms with Crippen LogP contribution in [0.15, 0.2) is 28.2 Å². The van der Waals surface area contributed by atoms with Crippen LogP contribution < -0.4 is 4.74 Å². The van der Waals surface area contributed by atoms with Crippen molar-refractivity contribution in [1.29, 1.82) is 0 Å². The van der Waals surface area contributed by atoms with Gasteiger partial charge in [-0.25, -0.2) is 0 Å². The summed E-state index contributed by atoms with van der Waals surface area (Å²) in [6, 6.07) is 3.27. The van der Waals surface area contributed by atoms with Gasteiger partial charge in [-0.1, -0.05) is 11.3 Å². The lowest BCUT2D eigenvalue weighted by atomic mass is 10.2. The van der Waals surface area contributed by atoms with Crippen LogP contribution in [0.3, 0.4) is 0 Å². The maximum absolute atomic E-state index is 11.6. The Morgan fingerprint density at radius 1 is 1.64 bits per heavy atom. The molecular formula is C9H7NO3S. The van der Waals surface area contributed by atoms with E-state index in [1.54, 1.807) is 17.5 Å². The number of aromatic nitrogens is 1. The fourth-order valence-corrected chi connectivity index (χ4v) is 1.61. The maximum atomic E-state index is 11.6. The van der Waals surface area contributed by atoms with Crippen LogP contribution in [-0.4, -0.2) is 17.9 Å². The second-order valence-electron chi connectivity index (χ2n) is 2.51. The Morgan fingerprint density at radius 3 is 3.07 bits per heavy atom. The standard InChI is InChI=1S/C9H7NO3S/c1-12-9-10-6(5-14-9)8(11)7-3-2-4-13-7/h2-5H,1H3. The minimum absolute atomic E-state index is 0.227. The van der Waals surface area contributed by atoms with E-state index in [1.165, 1.54) is 24.7 Å². The van der Waals surface area contributed by atoms with Crippen molar-refractivity contribution in [2.24, 2.45) is 0 Å². The van der Waals surface area contributed by atoms with Gasteiger partial charge >= 0.3 is 0 Å². The van der Waals surface area contributed by atoms with Gasteiger partial charge < -0.3 is 9.15 Å². The Balaban J connectivity index is 2.28. The Bertz CT molecular complexity index is 433. The van der Waals surface area contributed by atoms with Gasteiger partial charge in [0.15, 0.2) is 5.76 Å². The van der Waals surface area contributed by atoms with Crippen LogP contribution in [0.2, 0.25) is 0 Å². The third-order valence-electron chi connectivity index (χ3n) is 1.64. The van der Waals surface area contributed by atoms with Crippen LogP contribution in [-0.2, 0) is 0 Å². The van der Waals surface area contributed by atoms with E-state index >= 15 is 0 Å². The molecule has 0 atom stereocenters. The maximum Gasteiger partial charge on any atom is 0.273 e. The molecule has 0 aromatic carbocycles. The lowest BCUT2D eigenvalue weighted by Crippen LogP contribution is -1.99. The summed E-state index contributed by atoms with van der Waals surface area (Å²) < 4.78 is 9.85. The van der Waals surface area contributed by atoms with Gasteiger partial charge in [0.1, 0.15) is 5.69 Å². The van der Waals surface area contributed by atoms with Crippen molar-refractivity contribution in [2.75, 3.05) is 7.11 Å². The predicted octanol–water partition coefficient (Wildman–Crippen LogP) is 1.98. The quantitative estimate of drug-likeness (QED) is 0.725. The van der Waals surface area contributed by atoms with Crippen molar-refractivity contribution in [2.45, 2.75) is 0 Å². The van der Waals surface area contributed by atoms with E-state index in [-0.39, 0.29) is 11.5 Å². The zero-order valence-corrected chi connectivity index (χ0v) is 8.21. The largest absolute Gasteiger partial charge is 0.473 e. The summed E-state index contributed by atoms with van der Waals surface area (Å²) in [5, 5.41) is 2.11. The number of ketones is 1. The molecule has 2 aromatic heterocycles. The zero-order valence-electron chi connectivity index (χ0n) is 7.39. The molecule has 0 fully saturated rings. The van der Waals surface area contributed by atoms with Crippen LogP contribution in [0.4, 0.5) is 0 Å². The number of ether oxygens (including phenoxy) is 1. The SMILES string of the molecule is COc1nc(C(=O)c2ccco2)cs1. The summed E-state index contributed by atoms with van der Waals surface area (Å²) in [5.74, 6) is 0.0625. The minimum Gasteiger partial charge on any atom is -0.473 e. The molecule has 0 bridgehead atoms. The van der Waals surface area contributed by atoms with Gasteiger partial charge in [-0.2, -0.15) is 4.98 Å². The molecule has 0 amide bonds. The van der Waals surface area contributed by atoms with Crippen LogP contribution in [0.5, 0.6) is 5.19 Å². The summed E-state index contributed by atoms with van der Waals surface area (Å²) in [6.45, 7) is 0. The normalized spacial score (nSPS) is 10.1. The van der Waals surface area contributed by atoms with E-state index in [2.05, 4.69) is 4.98 Å². The van der Waals surface area contributed by atoms with Gasteiger partial charge in [-0.15, -0.1) is 0 Å². The van der Waals surface area contributed by atoms with Crippen molar-refractivity contribution in [3.8, 4) is 5.19 Å². The molecule has 0 unspecified atom stereocenters. The summed E-state index contributed by atoms with van der Waals surface area (Å²) in [6.07, 6.45) is 1.46. The summed E-state index contributed by atoms with van der Waals surface area (Å²) in [4.78, 5) is 15.6. The number of furan rings is 1. The molecule has 0 radical (unpaired) electrons. The van der Waals surface area contributed by atoms with E-state index in [0.29, 0.717) is 10.9 Å². The Labute approximate surface area is 84.1 Å². The molecule has 72 valence electrons. The molecule has 0 aliphatic carbocycles. The number of nitrogens with zero attached hydrogens (tertiary/aromatic N) is 1. The molecule has 14 heavy (non-hydrogen) atoms. The summed E-state index contributed by atoms with van der Waals surface area (Å²) >= 11 is 1.28. The molecule has 4 nitrogen and oxygen atoms in total. The fraction of sp³-hybridized carbons (Fsp3) is 0.111. The highest BCUT2D eigenvalue weighted by atomic mass is 32.1. The minimum atomic E-state index is -0.227. The number of methoxy groups -OCH3 is 1. The molecular weight excluding hydrogens is 202 g/mol. The van der Waals surface area contributed by atoms with Crippen molar-refractivity contribution in [3.05, 3.63) is 35.2 Å². The number of carbonyl (C=O) groups is 1. The molecule has 5 heteroatoms. The van der Waals surface area contributed by atoms with Crippen molar-refractivity contribution in [1.82, 2.24) is 4.98 Å². The summed E-state index contributed by atoms with van der Waals surface area (Å²) in [7, 11) is 1.51. The Hall–Kier alpha value is -1.62. The molecule has 0 saturated carbocycles. The zero-order chi connectivity index (χ0) is 9.97. The Kier molecular flexibility index (Phi) is 2.32. The second-order valence-corrected chi connectivity index (χ2v) is 3.33. The third-order valence-corrected chi connectivity index (χ3v) is 2.44. The van der Waals surface area contributed by atoms with Crippen molar-refractivity contribution in [3.63, 3.8) is 0 Å². The average molecular weight is 209 g/mol. The first-order valence-electron chi connectivity index (χ1n) is 3.89. The molecule has 0 aliphatic rings. The highest BCUT2D eigenvalue weighted by Gasteiger charge is 2.15. The molecule has 2 rings (SSSR count). The van der Waals surface area contributed by atoms with E-state index in [1.807, 2.05) is 0 Å². The van der Waals surface area contributed by atoms with Crippen molar-refractivity contribution < 1.29 is 13.9 Å². The van der Waals surface area contributed by atoms with Crippen LogP contribution >= 0.6 is 11.3 Å². The molecule has 0 N–H and O–H groups in total. The van der Waals surface area contributed by atoms with Crippen LogP contribution in [0, 0.1) is 0 Å². The summed E-state index contributed by atoms with van der Waals surface area (Å²) in [5.41, 5.74) is 0.349. The van der Waals surface area contributed by atoms with Gasteiger partial charge in [-0.05, 0) is 12.1 Å². The van der Waals surface area contributed by atoms with Gasteiger partial charge in [0.05, 0.1) is 13.4 Å². The number of hydrogen-bond acceptors (Lipinski definition) is 5. The third kappa shape index (κ3) is 1.54. The van der Waals surface area contributed by atoms with E-state index in [9.17, 15) is 4.79 Å². The second kappa shape index (κ2) is 3.63. The number of carbonyl (C=O) groups excluding carboxylic acids is 1. The van der Waals surface area contributed by atoms with E-state index < -0.39 is 0 Å². The average Bonchev–Trinajstić information content (AvgIpc) is 2.88. The van der Waals surface area contributed by atoms with Gasteiger partial charge in [0, 0.05) is 5.38 Å². The molecule has 0 saturated heterocycles. The smallest absolute Gasteiger partial charge is 0.273 e. The monoisotopic (exact) mass is 209 g/mol. The highest BCUT2D eigenvalue weighted by Crippen LogP contribution is 2.19. The lowest BCUT2D eigenvalue weighted by molar-refractivity contribution is 0.100. The predicted molar refractivity (Wildman–Crippen MR) is 50.8 cm³/mol. The molecule has 2 aromatic rings. The van der Waals surface area contributed by atoms with Gasteiger partial charge in [0.25, 0.3) is 5.19 Å². The number of hydrogen-bond donors (Lipinski definition) is 0. The van der Waals surface area contributed by atoms with Crippen molar-refractivity contribution >= 4 is 17.1 Å². The van der Waals surface area contributed by atoms with Crippen LogP contribution in [0.25, 0.3) is 0 Å². The number of rotatable bonds is 3. The van der Waals surface area contributed by atoms with Crippen LogP contribution in [0.1, 0.15) is 16.2 Å². The first kappa shape index (κ1) is 8.96. The molecule has 0 aliphatic heterocycles. The highest BCUT2D eigenvalue weighted by molar-refractivity contribution is 7.11. The Morgan fingerprint density at radius 2 is 2.50 bits per heavy atom. The molecule has 0 spiro atoms. The van der Waals surface area contributed by atoms with E-state index in [4.69, 9.17) is 9.15 Å². The fourth-order valence-electron chi connectivity index (χ4n) is 0.989. The van der Waals surface area contributed by atoms with Gasteiger partial charge in [0.2, 0.25) is 5.78 Å². The van der Waals surface area contributed by atoms with E-state index in [0.717, 1.165) is 0 Å².